The zero-order valence-corrected chi connectivity index (χ0v) is 21.1. The fourth-order valence-corrected chi connectivity index (χ4v) is 6.46. The molecule has 1 aliphatic rings. The van der Waals surface area contributed by atoms with Crippen LogP contribution in [0.15, 0.2) is 72.6 Å². The molecule has 1 saturated carbocycles. The minimum absolute atomic E-state index is 0.222. The molecule has 3 heterocycles. The van der Waals surface area contributed by atoms with E-state index in [9.17, 15) is 0 Å². The number of rotatable bonds is 5. The van der Waals surface area contributed by atoms with Gasteiger partial charge in [0.05, 0.1) is 17.1 Å². The summed E-state index contributed by atoms with van der Waals surface area (Å²) in [5.74, 6) is 1.40. The van der Waals surface area contributed by atoms with Crippen molar-refractivity contribution in [2.45, 2.75) is 45.6 Å². The number of pyridine rings is 1. The van der Waals surface area contributed by atoms with Gasteiger partial charge in [-0.15, -0.1) is 11.3 Å². The molecule has 1 unspecified atom stereocenters. The summed E-state index contributed by atoms with van der Waals surface area (Å²) in [4.78, 5) is 13.9. The van der Waals surface area contributed by atoms with Crippen LogP contribution in [0.3, 0.4) is 0 Å². The molecular weight excluding hydrogens is 448 g/mol. The molecule has 0 amide bonds. The Morgan fingerprint density at radius 3 is 2.66 bits per heavy atom. The predicted octanol–water partition coefficient (Wildman–Crippen LogP) is 8.19. The summed E-state index contributed by atoms with van der Waals surface area (Å²) < 4.78 is 1.32. The number of aromatic nitrogens is 3. The third-order valence-corrected chi connectivity index (χ3v) is 8.63. The Kier molecular flexibility index (Phi) is 5.95. The summed E-state index contributed by atoms with van der Waals surface area (Å²) in [5.41, 5.74) is 7.81. The van der Waals surface area contributed by atoms with Gasteiger partial charge in [0.15, 0.2) is 0 Å². The smallest absolute Gasteiger partial charge is 0.0966 e. The Labute approximate surface area is 210 Å². The summed E-state index contributed by atoms with van der Waals surface area (Å²) >= 11 is 1.80. The van der Waals surface area contributed by atoms with E-state index in [1.807, 2.05) is 18.5 Å². The lowest BCUT2D eigenvalue weighted by Crippen LogP contribution is -2.25. The van der Waals surface area contributed by atoms with Crippen LogP contribution < -0.4 is 5.32 Å². The van der Waals surface area contributed by atoms with E-state index in [1.165, 1.54) is 52.5 Å². The molecule has 3 aromatic heterocycles. The molecule has 176 valence electrons. The van der Waals surface area contributed by atoms with Crippen molar-refractivity contribution < 1.29 is 0 Å². The number of fused-ring (bicyclic) bond motifs is 2. The van der Waals surface area contributed by atoms with E-state index in [2.05, 4.69) is 70.9 Å². The van der Waals surface area contributed by atoms with E-state index in [4.69, 9.17) is 4.98 Å². The Morgan fingerprint density at radius 2 is 1.83 bits per heavy atom. The predicted molar refractivity (Wildman–Crippen MR) is 147 cm³/mol. The zero-order chi connectivity index (χ0) is 23.8. The summed E-state index contributed by atoms with van der Waals surface area (Å²) in [6.07, 6.45) is 12.5. The zero-order valence-electron chi connectivity index (χ0n) is 20.2. The van der Waals surface area contributed by atoms with Crippen LogP contribution in [-0.2, 0) is 0 Å². The molecule has 6 rings (SSSR count). The van der Waals surface area contributed by atoms with Crippen LogP contribution in [0.4, 0.5) is 5.69 Å². The van der Waals surface area contributed by atoms with Gasteiger partial charge in [-0.2, -0.15) is 0 Å². The van der Waals surface area contributed by atoms with Gasteiger partial charge in [-0.3, -0.25) is 15.0 Å². The molecule has 0 bridgehead atoms. The van der Waals surface area contributed by atoms with E-state index in [1.54, 1.807) is 23.7 Å². The number of hydrogen-bond donors (Lipinski definition) is 1. The molecule has 0 aliphatic heterocycles. The second kappa shape index (κ2) is 9.38. The first-order valence-corrected chi connectivity index (χ1v) is 13.4. The van der Waals surface area contributed by atoms with Gasteiger partial charge in [-0.1, -0.05) is 31.9 Å². The quantitative estimate of drug-likeness (QED) is 0.277. The number of nitrogens with zero attached hydrogens (tertiary/aromatic N) is 3. The van der Waals surface area contributed by atoms with Gasteiger partial charge in [-0.05, 0) is 89.4 Å². The Balaban J connectivity index is 1.44. The molecule has 1 fully saturated rings. The summed E-state index contributed by atoms with van der Waals surface area (Å²) in [5, 5.41) is 7.46. The second-order valence-electron chi connectivity index (χ2n) is 10.0. The van der Waals surface area contributed by atoms with Gasteiger partial charge < -0.3 is 5.32 Å². The molecule has 0 saturated heterocycles. The second-order valence-corrected chi connectivity index (χ2v) is 10.9. The van der Waals surface area contributed by atoms with Crippen LogP contribution in [0.5, 0.6) is 0 Å². The SMILES string of the molecule is Cc1csc2ccc(-c3cc(NC(c4cccnc4)C4CCC(C)CC4)cc4nccnc34)cc12. The Bertz CT molecular complexity index is 1470. The summed E-state index contributed by atoms with van der Waals surface area (Å²) in [6.45, 7) is 4.56. The molecular formula is C30H30N4S. The highest BCUT2D eigenvalue weighted by Gasteiger charge is 2.28. The van der Waals surface area contributed by atoms with Crippen molar-refractivity contribution in [2.75, 3.05) is 5.32 Å². The largest absolute Gasteiger partial charge is 0.378 e. The van der Waals surface area contributed by atoms with Crippen LogP contribution in [0.1, 0.15) is 49.8 Å². The van der Waals surface area contributed by atoms with Crippen molar-refractivity contribution in [1.82, 2.24) is 15.0 Å². The standard InChI is InChI=1S/C30H30N4S/c1-19-5-7-21(8-6-19)29(23-4-3-11-31-17-23)34-24-15-26(30-27(16-24)32-12-13-33-30)22-9-10-28-25(14-22)20(2)18-35-28/h3-4,9-19,21,29,34H,5-8H2,1-2H3. The minimum Gasteiger partial charge on any atom is -0.378 e. The average Bonchev–Trinajstić information content (AvgIpc) is 3.28. The molecule has 4 nitrogen and oxygen atoms in total. The van der Waals surface area contributed by atoms with Crippen molar-refractivity contribution in [3.63, 3.8) is 0 Å². The van der Waals surface area contributed by atoms with E-state index >= 15 is 0 Å². The highest BCUT2D eigenvalue weighted by Crippen LogP contribution is 2.40. The number of thiophene rings is 1. The van der Waals surface area contributed by atoms with Gasteiger partial charge in [0.1, 0.15) is 0 Å². The highest BCUT2D eigenvalue weighted by atomic mass is 32.1. The van der Waals surface area contributed by atoms with Crippen molar-refractivity contribution in [3.8, 4) is 11.1 Å². The molecule has 1 N–H and O–H groups in total. The van der Waals surface area contributed by atoms with Crippen LogP contribution >= 0.6 is 11.3 Å². The monoisotopic (exact) mass is 478 g/mol. The van der Waals surface area contributed by atoms with Crippen molar-refractivity contribution in [2.24, 2.45) is 11.8 Å². The highest BCUT2D eigenvalue weighted by molar-refractivity contribution is 7.17. The minimum atomic E-state index is 0.222. The number of benzene rings is 2. The Morgan fingerprint density at radius 1 is 0.971 bits per heavy atom. The fraction of sp³-hybridized carbons (Fsp3) is 0.300. The molecule has 1 aliphatic carbocycles. The van der Waals surface area contributed by atoms with E-state index in [0.717, 1.165) is 28.2 Å². The van der Waals surface area contributed by atoms with Gasteiger partial charge in [0.25, 0.3) is 0 Å². The van der Waals surface area contributed by atoms with Crippen LogP contribution in [0.25, 0.3) is 32.2 Å². The molecule has 5 heteroatoms. The first-order chi connectivity index (χ1) is 17.2. The van der Waals surface area contributed by atoms with E-state index < -0.39 is 0 Å². The lowest BCUT2D eigenvalue weighted by molar-refractivity contribution is 0.264. The maximum atomic E-state index is 4.73. The normalized spacial score (nSPS) is 19.1. The molecule has 0 radical (unpaired) electrons. The molecule has 2 aromatic carbocycles. The summed E-state index contributed by atoms with van der Waals surface area (Å²) in [7, 11) is 0. The number of anilines is 1. The van der Waals surface area contributed by atoms with E-state index in [-0.39, 0.29) is 6.04 Å². The first kappa shape index (κ1) is 22.2. The van der Waals surface area contributed by atoms with Crippen molar-refractivity contribution >= 4 is 38.1 Å². The fourth-order valence-electron chi connectivity index (χ4n) is 5.53. The third-order valence-electron chi connectivity index (χ3n) is 7.55. The van der Waals surface area contributed by atoms with E-state index in [0.29, 0.717) is 5.92 Å². The molecule has 1 atom stereocenters. The van der Waals surface area contributed by atoms with Crippen LogP contribution in [0, 0.1) is 18.8 Å². The number of hydrogen-bond acceptors (Lipinski definition) is 5. The molecule has 35 heavy (non-hydrogen) atoms. The topological polar surface area (TPSA) is 50.7 Å². The van der Waals surface area contributed by atoms with Crippen molar-refractivity contribution in [3.05, 3.63) is 83.8 Å². The van der Waals surface area contributed by atoms with Gasteiger partial charge >= 0.3 is 0 Å². The van der Waals surface area contributed by atoms with Gasteiger partial charge in [-0.25, -0.2) is 0 Å². The first-order valence-electron chi connectivity index (χ1n) is 12.5. The van der Waals surface area contributed by atoms with Crippen molar-refractivity contribution in [1.29, 1.82) is 0 Å². The molecule has 0 spiro atoms. The average molecular weight is 479 g/mol. The maximum Gasteiger partial charge on any atom is 0.0966 e. The van der Waals surface area contributed by atoms with Gasteiger partial charge in [0.2, 0.25) is 0 Å². The van der Waals surface area contributed by atoms with Gasteiger partial charge in [0, 0.05) is 40.7 Å². The number of nitrogens with one attached hydrogen (secondary N) is 1. The lowest BCUT2D eigenvalue weighted by Gasteiger charge is -2.34. The van der Waals surface area contributed by atoms with Crippen LogP contribution in [-0.4, -0.2) is 15.0 Å². The van der Waals surface area contributed by atoms with Crippen LogP contribution in [0.2, 0.25) is 0 Å². The third kappa shape index (κ3) is 4.41. The number of aryl methyl sites for hydroxylation is 1. The lowest BCUT2D eigenvalue weighted by atomic mass is 9.77. The molecule has 5 aromatic rings. The summed E-state index contributed by atoms with van der Waals surface area (Å²) in [6, 6.07) is 15.6. The Hall–Kier alpha value is -3.31. The maximum absolute atomic E-state index is 4.73.